The number of hydrogen-bond donors (Lipinski definition) is 1. The van der Waals surface area contributed by atoms with Gasteiger partial charge >= 0.3 is 0 Å². The van der Waals surface area contributed by atoms with Crippen molar-refractivity contribution in [3.8, 4) is 0 Å². The highest BCUT2D eigenvalue weighted by atomic mass is 32.2. The van der Waals surface area contributed by atoms with E-state index in [9.17, 15) is 8.42 Å². The third-order valence-electron chi connectivity index (χ3n) is 3.09. The van der Waals surface area contributed by atoms with Crippen molar-refractivity contribution >= 4 is 10.0 Å². The third kappa shape index (κ3) is 5.19. The molecule has 0 atom stereocenters. The molecule has 1 saturated heterocycles. The molecule has 1 fully saturated rings. The largest absolute Gasteiger partial charge is 0.381 e. The SMILES string of the molecule is CCOCCS(=O)(=O)N1CCN(CCCN)CC1. The molecule has 1 rings (SSSR count). The molecule has 0 unspecified atom stereocenters. The zero-order valence-electron chi connectivity index (χ0n) is 11.2. The van der Waals surface area contributed by atoms with Gasteiger partial charge in [0, 0.05) is 32.8 Å². The normalized spacial score (nSPS) is 19.2. The van der Waals surface area contributed by atoms with Crippen molar-refractivity contribution < 1.29 is 13.2 Å². The van der Waals surface area contributed by atoms with E-state index in [0.29, 0.717) is 26.2 Å². The first kappa shape index (κ1) is 15.8. The molecule has 0 aliphatic carbocycles. The van der Waals surface area contributed by atoms with Gasteiger partial charge in [-0.15, -0.1) is 0 Å². The van der Waals surface area contributed by atoms with E-state index in [1.54, 1.807) is 4.31 Å². The molecule has 0 saturated carbocycles. The van der Waals surface area contributed by atoms with Crippen molar-refractivity contribution in [1.82, 2.24) is 9.21 Å². The smallest absolute Gasteiger partial charge is 0.216 e. The lowest BCUT2D eigenvalue weighted by molar-refractivity contribution is 0.159. The van der Waals surface area contributed by atoms with Gasteiger partial charge in [-0.05, 0) is 26.4 Å². The first-order valence-electron chi connectivity index (χ1n) is 6.58. The summed E-state index contributed by atoms with van der Waals surface area (Å²) in [6, 6.07) is 0. The van der Waals surface area contributed by atoms with Crippen molar-refractivity contribution in [2.45, 2.75) is 13.3 Å². The fourth-order valence-electron chi connectivity index (χ4n) is 1.98. The quantitative estimate of drug-likeness (QED) is 0.596. The van der Waals surface area contributed by atoms with Crippen molar-refractivity contribution in [3.63, 3.8) is 0 Å². The van der Waals surface area contributed by atoms with Crippen LogP contribution in [0.4, 0.5) is 0 Å². The molecule has 1 heterocycles. The van der Waals surface area contributed by atoms with Crippen LogP contribution in [0.2, 0.25) is 0 Å². The summed E-state index contributed by atoms with van der Waals surface area (Å²) in [4.78, 5) is 2.27. The molecule has 0 aromatic rings. The maximum absolute atomic E-state index is 12.0. The maximum atomic E-state index is 12.0. The van der Waals surface area contributed by atoms with Crippen LogP contribution in [-0.4, -0.2) is 75.9 Å². The standard InChI is InChI=1S/C11H25N3O3S/c1-2-17-10-11-18(15,16)14-8-6-13(7-9-14)5-3-4-12/h2-12H2,1H3. The number of ether oxygens (including phenoxy) is 1. The summed E-state index contributed by atoms with van der Waals surface area (Å²) in [5.41, 5.74) is 5.46. The van der Waals surface area contributed by atoms with Crippen molar-refractivity contribution in [1.29, 1.82) is 0 Å². The Balaban J connectivity index is 2.32. The molecule has 0 radical (unpaired) electrons. The maximum Gasteiger partial charge on any atom is 0.216 e. The Morgan fingerprint density at radius 1 is 1.22 bits per heavy atom. The topological polar surface area (TPSA) is 75.9 Å². The molecular formula is C11H25N3O3S. The van der Waals surface area contributed by atoms with Gasteiger partial charge in [0.2, 0.25) is 10.0 Å². The van der Waals surface area contributed by atoms with Crippen molar-refractivity contribution in [2.24, 2.45) is 5.73 Å². The Morgan fingerprint density at radius 2 is 1.89 bits per heavy atom. The summed E-state index contributed by atoms with van der Waals surface area (Å²) < 4.78 is 30.7. The first-order chi connectivity index (χ1) is 8.60. The molecule has 0 bridgehead atoms. The second-order valence-electron chi connectivity index (χ2n) is 4.40. The van der Waals surface area contributed by atoms with Crippen LogP contribution in [0.1, 0.15) is 13.3 Å². The highest BCUT2D eigenvalue weighted by Crippen LogP contribution is 2.08. The lowest BCUT2D eigenvalue weighted by Gasteiger charge is -2.33. The van der Waals surface area contributed by atoms with E-state index in [1.807, 2.05) is 6.92 Å². The van der Waals surface area contributed by atoms with E-state index in [0.717, 1.165) is 26.1 Å². The Morgan fingerprint density at radius 3 is 2.44 bits per heavy atom. The van der Waals surface area contributed by atoms with Gasteiger partial charge in [-0.3, -0.25) is 0 Å². The summed E-state index contributed by atoms with van der Waals surface area (Å²) in [5, 5.41) is 0. The van der Waals surface area contributed by atoms with Crippen LogP contribution in [0, 0.1) is 0 Å². The molecule has 0 amide bonds. The fourth-order valence-corrected chi connectivity index (χ4v) is 3.29. The zero-order chi connectivity index (χ0) is 13.4. The number of hydrogen-bond acceptors (Lipinski definition) is 5. The fraction of sp³-hybridized carbons (Fsp3) is 1.00. The second-order valence-corrected chi connectivity index (χ2v) is 6.48. The summed E-state index contributed by atoms with van der Waals surface area (Å²) in [7, 11) is -3.14. The molecule has 0 spiro atoms. The van der Waals surface area contributed by atoms with Gasteiger partial charge in [0.05, 0.1) is 12.4 Å². The van der Waals surface area contributed by atoms with Crippen molar-refractivity contribution in [3.05, 3.63) is 0 Å². The van der Waals surface area contributed by atoms with Gasteiger partial charge < -0.3 is 15.4 Å². The molecule has 0 aromatic carbocycles. The van der Waals surface area contributed by atoms with Crippen LogP contribution in [-0.2, 0) is 14.8 Å². The first-order valence-corrected chi connectivity index (χ1v) is 8.19. The lowest BCUT2D eigenvalue weighted by atomic mass is 10.3. The molecule has 1 aliphatic heterocycles. The minimum Gasteiger partial charge on any atom is -0.381 e. The number of nitrogens with zero attached hydrogens (tertiary/aromatic N) is 2. The molecule has 108 valence electrons. The Hall–Kier alpha value is -0.210. The second kappa shape index (κ2) is 8.06. The summed E-state index contributed by atoms with van der Waals surface area (Å²) >= 11 is 0. The third-order valence-corrected chi connectivity index (χ3v) is 4.93. The van der Waals surface area contributed by atoms with Crippen LogP contribution in [0.25, 0.3) is 0 Å². The predicted molar refractivity (Wildman–Crippen MR) is 72.0 cm³/mol. The van der Waals surface area contributed by atoms with Gasteiger partial charge in [-0.25, -0.2) is 8.42 Å². The van der Waals surface area contributed by atoms with Crippen molar-refractivity contribution in [2.75, 3.05) is 58.2 Å². The van der Waals surface area contributed by atoms with E-state index in [-0.39, 0.29) is 12.4 Å². The zero-order valence-corrected chi connectivity index (χ0v) is 12.0. The van der Waals surface area contributed by atoms with Crippen LogP contribution < -0.4 is 5.73 Å². The molecular weight excluding hydrogens is 254 g/mol. The van der Waals surface area contributed by atoms with Gasteiger partial charge in [0.1, 0.15) is 0 Å². The van der Waals surface area contributed by atoms with E-state index >= 15 is 0 Å². The average molecular weight is 279 g/mol. The minimum atomic E-state index is -3.14. The molecule has 18 heavy (non-hydrogen) atoms. The average Bonchev–Trinajstić information content (AvgIpc) is 2.37. The van der Waals surface area contributed by atoms with E-state index in [1.165, 1.54) is 0 Å². The highest BCUT2D eigenvalue weighted by Gasteiger charge is 2.26. The molecule has 7 heteroatoms. The van der Waals surface area contributed by atoms with Crippen LogP contribution in [0.5, 0.6) is 0 Å². The van der Waals surface area contributed by atoms with Crippen LogP contribution >= 0.6 is 0 Å². The molecule has 0 aromatic heterocycles. The predicted octanol–water partition coefficient (Wildman–Crippen LogP) is -0.681. The van der Waals surface area contributed by atoms with Gasteiger partial charge in [0.15, 0.2) is 0 Å². The van der Waals surface area contributed by atoms with Gasteiger partial charge in [-0.2, -0.15) is 4.31 Å². The summed E-state index contributed by atoms with van der Waals surface area (Å²) in [6.07, 6.45) is 0.969. The summed E-state index contributed by atoms with van der Waals surface area (Å²) in [6.45, 7) is 7.12. The van der Waals surface area contributed by atoms with Crippen LogP contribution in [0.15, 0.2) is 0 Å². The van der Waals surface area contributed by atoms with Gasteiger partial charge in [-0.1, -0.05) is 0 Å². The number of piperazine rings is 1. The number of rotatable bonds is 8. The number of sulfonamides is 1. The molecule has 2 N–H and O–H groups in total. The Kier molecular flexibility index (Phi) is 7.10. The molecule has 1 aliphatic rings. The minimum absolute atomic E-state index is 0.0869. The van der Waals surface area contributed by atoms with E-state index in [2.05, 4.69) is 4.90 Å². The molecule has 6 nitrogen and oxygen atoms in total. The lowest BCUT2D eigenvalue weighted by Crippen LogP contribution is -2.49. The Labute approximate surface area is 110 Å². The van der Waals surface area contributed by atoms with E-state index in [4.69, 9.17) is 10.5 Å². The monoisotopic (exact) mass is 279 g/mol. The summed E-state index contributed by atoms with van der Waals surface area (Å²) in [5.74, 6) is 0.0869. The van der Waals surface area contributed by atoms with Crippen LogP contribution in [0.3, 0.4) is 0 Å². The van der Waals surface area contributed by atoms with Gasteiger partial charge in [0.25, 0.3) is 0 Å². The highest BCUT2D eigenvalue weighted by molar-refractivity contribution is 7.89. The Bertz CT molecular complexity index is 313. The number of nitrogens with two attached hydrogens (primary N) is 1. The van der Waals surface area contributed by atoms with E-state index < -0.39 is 10.0 Å².